The molecule has 0 aromatic carbocycles. The molecular formula is C15H19ClN6O. The van der Waals surface area contributed by atoms with E-state index < -0.39 is 0 Å². The highest BCUT2D eigenvalue weighted by molar-refractivity contribution is 6.29. The number of anilines is 1. The summed E-state index contributed by atoms with van der Waals surface area (Å²) in [5.74, 6) is 0.769. The smallest absolute Gasteiger partial charge is 0.274 e. The van der Waals surface area contributed by atoms with Crippen molar-refractivity contribution in [1.82, 2.24) is 24.6 Å². The summed E-state index contributed by atoms with van der Waals surface area (Å²) < 4.78 is 1.80. The number of carbonyl (C=O) groups is 1. The van der Waals surface area contributed by atoms with Crippen LogP contribution in [0.4, 0.5) is 5.82 Å². The summed E-state index contributed by atoms with van der Waals surface area (Å²) >= 11 is 5.90. The average Bonchev–Trinajstić information content (AvgIpc) is 3.04. The Bertz CT molecular complexity index is 693. The van der Waals surface area contributed by atoms with E-state index in [2.05, 4.69) is 20.0 Å². The number of hydrogen-bond acceptors (Lipinski definition) is 5. The molecule has 3 heterocycles. The predicted molar refractivity (Wildman–Crippen MR) is 87.8 cm³/mol. The van der Waals surface area contributed by atoms with Gasteiger partial charge in [-0.2, -0.15) is 5.10 Å². The fraction of sp³-hybridized carbons (Fsp3) is 0.467. The topological polar surface area (TPSA) is 67.2 Å². The third kappa shape index (κ3) is 3.44. The minimum Gasteiger partial charge on any atom is -0.353 e. The van der Waals surface area contributed by atoms with Gasteiger partial charge in [-0.3, -0.25) is 9.48 Å². The summed E-state index contributed by atoms with van der Waals surface area (Å²) in [6.45, 7) is 6.76. The maximum atomic E-state index is 12.5. The predicted octanol–water partition coefficient (Wildman–Crippen LogP) is 1.87. The molecule has 0 aliphatic carbocycles. The Morgan fingerprint density at radius 1 is 1.22 bits per heavy atom. The summed E-state index contributed by atoms with van der Waals surface area (Å²) in [7, 11) is 0. The van der Waals surface area contributed by atoms with Gasteiger partial charge < -0.3 is 9.80 Å². The van der Waals surface area contributed by atoms with Gasteiger partial charge in [0.25, 0.3) is 5.91 Å². The van der Waals surface area contributed by atoms with Crippen molar-refractivity contribution in [2.75, 3.05) is 31.1 Å². The van der Waals surface area contributed by atoms with Gasteiger partial charge >= 0.3 is 0 Å². The molecule has 1 saturated heterocycles. The van der Waals surface area contributed by atoms with Gasteiger partial charge in [-0.1, -0.05) is 11.6 Å². The van der Waals surface area contributed by atoms with Gasteiger partial charge in [0.2, 0.25) is 0 Å². The molecule has 1 aliphatic heterocycles. The first-order chi connectivity index (χ1) is 11.0. The summed E-state index contributed by atoms with van der Waals surface area (Å²) in [5.41, 5.74) is 0.497. The molecule has 122 valence electrons. The summed E-state index contributed by atoms with van der Waals surface area (Å²) in [6.07, 6.45) is 3.30. The van der Waals surface area contributed by atoms with Crippen LogP contribution in [0.15, 0.2) is 24.7 Å². The van der Waals surface area contributed by atoms with Gasteiger partial charge in [0.1, 0.15) is 23.0 Å². The van der Waals surface area contributed by atoms with E-state index in [1.165, 1.54) is 6.33 Å². The fourth-order valence-electron chi connectivity index (χ4n) is 2.54. The summed E-state index contributed by atoms with van der Waals surface area (Å²) in [6, 6.07) is 3.76. The molecule has 1 aliphatic rings. The SMILES string of the molecule is CC(C)n1ccc(C(=O)N2CCN(c3cc(Cl)ncn3)CC2)n1. The minimum absolute atomic E-state index is 0.0234. The lowest BCUT2D eigenvalue weighted by Crippen LogP contribution is -2.49. The Morgan fingerprint density at radius 2 is 1.96 bits per heavy atom. The Morgan fingerprint density at radius 3 is 2.57 bits per heavy atom. The molecule has 1 amide bonds. The van der Waals surface area contributed by atoms with E-state index >= 15 is 0 Å². The third-order valence-corrected chi connectivity index (χ3v) is 4.07. The van der Waals surface area contributed by atoms with Crippen molar-refractivity contribution in [3.8, 4) is 0 Å². The maximum Gasteiger partial charge on any atom is 0.274 e. The first-order valence-corrected chi connectivity index (χ1v) is 7.99. The van der Waals surface area contributed by atoms with E-state index in [4.69, 9.17) is 11.6 Å². The first kappa shape index (κ1) is 15.7. The molecule has 0 atom stereocenters. The lowest BCUT2D eigenvalue weighted by molar-refractivity contribution is 0.0739. The fourth-order valence-corrected chi connectivity index (χ4v) is 2.68. The number of carbonyl (C=O) groups excluding carboxylic acids is 1. The zero-order chi connectivity index (χ0) is 16.4. The molecule has 7 nitrogen and oxygen atoms in total. The largest absolute Gasteiger partial charge is 0.353 e. The first-order valence-electron chi connectivity index (χ1n) is 7.61. The van der Waals surface area contributed by atoms with Gasteiger partial charge in [0.05, 0.1) is 0 Å². The minimum atomic E-state index is -0.0234. The molecule has 0 spiro atoms. The van der Waals surface area contributed by atoms with Crippen LogP contribution in [0.1, 0.15) is 30.4 Å². The Hall–Kier alpha value is -2.15. The summed E-state index contributed by atoms with van der Waals surface area (Å²) in [4.78, 5) is 24.6. The van der Waals surface area contributed by atoms with Crippen molar-refractivity contribution < 1.29 is 4.79 Å². The van der Waals surface area contributed by atoms with Crippen LogP contribution in [0, 0.1) is 0 Å². The molecular weight excluding hydrogens is 316 g/mol. The molecule has 23 heavy (non-hydrogen) atoms. The van der Waals surface area contributed by atoms with E-state index in [1.807, 2.05) is 24.9 Å². The van der Waals surface area contributed by atoms with E-state index in [0.29, 0.717) is 37.0 Å². The second-order valence-corrected chi connectivity index (χ2v) is 6.14. The van der Waals surface area contributed by atoms with E-state index in [1.54, 1.807) is 16.8 Å². The van der Waals surface area contributed by atoms with Crippen LogP contribution in [-0.4, -0.2) is 56.7 Å². The molecule has 0 N–H and O–H groups in total. The molecule has 0 bridgehead atoms. The lowest BCUT2D eigenvalue weighted by Gasteiger charge is -2.35. The standard InChI is InChI=1S/C15H19ClN6O/c1-11(2)22-4-3-12(19-22)15(23)21-7-5-20(6-8-21)14-9-13(16)17-10-18-14/h3-4,9-11H,5-8H2,1-2H3. The number of rotatable bonds is 3. The van der Waals surface area contributed by atoms with Crippen LogP contribution in [0.2, 0.25) is 5.15 Å². The monoisotopic (exact) mass is 334 g/mol. The van der Waals surface area contributed by atoms with Crippen molar-refractivity contribution in [3.05, 3.63) is 35.5 Å². The number of nitrogens with zero attached hydrogens (tertiary/aromatic N) is 6. The van der Waals surface area contributed by atoms with Crippen LogP contribution in [-0.2, 0) is 0 Å². The highest BCUT2D eigenvalue weighted by atomic mass is 35.5. The Kier molecular flexibility index (Phi) is 4.47. The molecule has 0 saturated carbocycles. The number of amides is 1. The quantitative estimate of drug-likeness (QED) is 0.802. The van der Waals surface area contributed by atoms with Crippen molar-refractivity contribution in [1.29, 1.82) is 0 Å². The number of piperazine rings is 1. The Labute approximate surface area is 139 Å². The normalized spacial score (nSPS) is 15.3. The average molecular weight is 335 g/mol. The summed E-state index contributed by atoms with van der Waals surface area (Å²) in [5, 5.41) is 4.77. The Balaban J connectivity index is 1.63. The van der Waals surface area contributed by atoms with Crippen molar-refractivity contribution in [3.63, 3.8) is 0 Å². The molecule has 2 aromatic heterocycles. The van der Waals surface area contributed by atoms with Crippen LogP contribution in [0.25, 0.3) is 0 Å². The second-order valence-electron chi connectivity index (χ2n) is 5.75. The van der Waals surface area contributed by atoms with Gasteiger partial charge in [0, 0.05) is 44.5 Å². The van der Waals surface area contributed by atoms with Gasteiger partial charge in [0.15, 0.2) is 0 Å². The second kappa shape index (κ2) is 6.54. The molecule has 0 unspecified atom stereocenters. The number of halogens is 1. The molecule has 2 aromatic rings. The van der Waals surface area contributed by atoms with Gasteiger partial charge in [-0.25, -0.2) is 9.97 Å². The third-order valence-electron chi connectivity index (χ3n) is 3.87. The van der Waals surface area contributed by atoms with Crippen molar-refractivity contribution in [2.24, 2.45) is 0 Å². The highest BCUT2D eigenvalue weighted by Crippen LogP contribution is 2.17. The van der Waals surface area contributed by atoms with Gasteiger partial charge in [-0.05, 0) is 19.9 Å². The maximum absolute atomic E-state index is 12.5. The van der Waals surface area contributed by atoms with Crippen LogP contribution in [0.5, 0.6) is 0 Å². The number of hydrogen-bond donors (Lipinski definition) is 0. The number of aromatic nitrogens is 4. The molecule has 0 radical (unpaired) electrons. The van der Waals surface area contributed by atoms with Crippen LogP contribution in [0.3, 0.4) is 0 Å². The lowest BCUT2D eigenvalue weighted by atomic mass is 10.2. The van der Waals surface area contributed by atoms with E-state index in [9.17, 15) is 4.79 Å². The zero-order valence-electron chi connectivity index (χ0n) is 13.2. The highest BCUT2D eigenvalue weighted by Gasteiger charge is 2.24. The van der Waals surface area contributed by atoms with Crippen molar-refractivity contribution >= 4 is 23.3 Å². The van der Waals surface area contributed by atoms with Crippen LogP contribution >= 0.6 is 11.6 Å². The molecule has 3 rings (SSSR count). The van der Waals surface area contributed by atoms with Crippen molar-refractivity contribution in [2.45, 2.75) is 19.9 Å². The molecule has 1 fully saturated rings. The van der Waals surface area contributed by atoms with Crippen LogP contribution < -0.4 is 4.90 Å². The zero-order valence-corrected chi connectivity index (χ0v) is 13.9. The van der Waals surface area contributed by atoms with E-state index in [0.717, 1.165) is 5.82 Å². The molecule has 8 heteroatoms. The van der Waals surface area contributed by atoms with Gasteiger partial charge in [-0.15, -0.1) is 0 Å². The van der Waals surface area contributed by atoms with E-state index in [-0.39, 0.29) is 11.9 Å².